The number of rotatable bonds is 3. The quantitative estimate of drug-likeness (QED) is 0.942. The lowest BCUT2D eigenvalue weighted by atomic mass is 9.96. The third kappa shape index (κ3) is 2.96. The maximum absolute atomic E-state index is 12.9. The van der Waals surface area contributed by atoms with Crippen LogP contribution in [0, 0.1) is 0 Å². The Morgan fingerprint density at radius 2 is 2.00 bits per heavy atom. The maximum atomic E-state index is 12.9. The first kappa shape index (κ1) is 14.8. The summed E-state index contributed by atoms with van der Waals surface area (Å²) in [7, 11) is 1.38. The number of carbonyl (C=O) groups is 1. The minimum atomic E-state index is -4.75. The van der Waals surface area contributed by atoms with Crippen LogP contribution in [-0.2, 0) is 6.18 Å². The molecule has 0 unspecified atom stereocenters. The number of pyridine rings is 1. The van der Waals surface area contributed by atoms with Crippen molar-refractivity contribution in [2.45, 2.75) is 6.18 Å². The van der Waals surface area contributed by atoms with Crippen molar-refractivity contribution < 1.29 is 27.8 Å². The highest BCUT2D eigenvalue weighted by Gasteiger charge is 2.36. The van der Waals surface area contributed by atoms with Crippen LogP contribution in [0.4, 0.5) is 13.2 Å². The lowest BCUT2D eigenvalue weighted by Crippen LogP contribution is -2.14. The molecule has 2 rings (SSSR count). The molecule has 0 aliphatic rings. The number of aromatic carboxylic acids is 1. The van der Waals surface area contributed by atoms with Crippen LogP contribution in [0.5, 0.6) is 5.75 Å². The van der Waals surface area contributed by atoms with E-state index in [2.05, 4.69) is 4.98 Å². The average Bonchev–Trinajstić information content (AvgIpc) is 2.45. The number of benzene rings is 1. The summed E-state index contributed by atoms with van der Waals surface area (Å²) in [5.41, 5.74) is -1.84. The molecule has 0 spiro atoms. The molecule has 1 N–H and O–H groups in total. The first-order chi connectivity index (χ1) is 9.84. The Morgan fingerprint density at radius 1 is 1.29 bits per heavy atom. The Hall–Kier alpha value is -2.57. The lowest BCUT2D eigenvalue weighted by Gasteiger charge is -2.14. The molecule has 0 fully saturated rings. The van der Waals surface area contributed by atoms with E-state index in [-0.39, 0.29) is 11.1 Å². The van der Waals surface area contributed by atoms with Crippen molar-refractivity contribution in [2.75, 3.05) is 7.11 Å². The van der Waals surface area contributed by atoms with E-state index >= 15 is 0 Å². The molecular weight excluding hydrogens is 287 g/mol. The highest BCUT2D eigenvalue weighted by atomic mass is 19.4. The van der Waals surface area contributed by atoms with Crippen LogP contribution in [0.2, 0.25) is 0 Å². The Bertz CT molecular complexity index is 683. The van der Waals surface area contributed by atoms with E-state index in [1.165, 1.54) is 31.6 Å². The minimum Gasteiger partial charge on any atom is -0.495 e. The fraction of sp³-hybridized carbons (Fsp3) is 0.143. The summed E-state index contributed by atoms with van der Waals surface area (Å²) in [6.45, 7) is 0. The van der Waals surface area contributed by atoms with Gasteiger partial charge in [-0.05, 0) is 17.7 Å². The van der Waals surface area contributed by atoms with Crippen LogP contribution in [0.25, 0.3) is 11.1 Å². The monoisotopic (exact) mass is 297 g/mol. The number of alkyl halides is 3. The molecule has 4 nitrogen and oxygen atoms in total. The molecule has 1 aromatic carbocycles. The second kappa shape index (κ2) is 5.43. The van der Waals surface area contributed by atoms with E-state index in [0.29, 0.717) is 5.75 Å². The van der Waals surface area contributed by atoms with Gasteiger partial charge in [0.25, 0.3) is 0 Å². The third-order valence-electron chi connectivity index (χ3n) is 2.84. The van der Waals surface area contributed by atoms with Crippen LogP contribution in [0.1, 0.15) is 15.9 Å². The maximum Gasteiger partial charge on any atom is 0.417 e. The summed E-state index contributed by atoms with van der Waals surface area (Å²) in [4.78, 5) is 15.1. The lowest BCUT2D eigenvalue weighted by molar-refractivity contribution is -0.138. The second-order valence-corrected chi connectivity index (χ2v) is 4.14. The molecule has 0 saturated heterocycles. The summed E-state index contributed by atoms with van der Waals surface area (Å²) in [5.74, 6) is -1.33. The van der Waals surface area contributed by atoms with Gasteiger partial charge >= 0.3 is 12.1 Å². The molecule has 21 heavy (non-hydrogen) atoms. The van der Waals surface area contributed by atoms with Gasteiger partial charge < -0.3 is 9.84 Å². The van der Waals surface area contributed by atoms with E-state index in [0.717, 1.165) is 12.1 Å². The highest BCUT2D eigenvalue weighted by Crippen LogP contribution is 2.37. The molecule has 0 aliphatic heterocycles. The highest BCUT2D eigenvalue weighted by molar-refractivity contribution is 5.97. The Labute approximate surface area is 117 Å². The number of nitrogens with zero attached hydrogens (tertiary/aromatic N) is 1. The molecule has 0 radical (unpaired) electrons. The van der Waals surface area contributed by atoms with Crippen molar-refractivity contribution in [1.82, 2.24) is 4.98 Å². The largest absolute Gasteiger partial charge is 0.495 e. The number of carboxylic acid groups (broad SMARTS) is 1. The van der Waals surface area contributed by atoms with Gasteiger partial charge in [-0.3, -0.25) is 4.98 Å². The fourth-order valence-corrected chi connectivity index (χ4v) is 1.94. The zero-order valence-electron chi connectivity index (χ0n) is 10.8. The Morgan fingerprint density at radius 3 is 2.57 bits per heavy atom. The topological polar surface area (TPSA) is 59.4 Å². The van der Waals surface area contributed by atoms with Crippen molar-refractivity contribution in [1.29, 1.82) is 0 Å². The smallest absolute Gasteiger partial charge is 0.417 e. The zero-order chi connectivity index (χ0) is 15.6. The predicted octanol–water partition coefficient (Wildman–Crippen LogP) is 3.47. The zero-order valence-corrected chi connectivity index (χ0v) is 10.8. The fourth-order valence-electron chi connectivity index (χ4n) is 1.94. The molecule has 0 aliphatic carbocycles. The summed E-state index contributed by atoms with van der Waals surface area (Å²) in [5, 5.41) is 9.15. The molecule has 2 aromatic rings. The Balaban J connectivity index is 2.71. The minimum absolute atomic E-state index is 0.0660. The van der Waals surface area contributed by atoms with E-state index in [9.17, 15) is 18.0 Å². The normalized spacial score (nSPS) is 11.2. The van der Waals surface area contributed by atoms with Crippen LogP contribution >= 0.6 is 0 Å². The Kier molecular flexibility index (Phi) is 3.84. The molecule has 110 valence electrons. The molecule has 1 aromatic heterocycles. The number of methoxy groups -OCH3 is 1. The third-order valence-corrected chi connectivity index (χ3v) is 2.84. The first-order valence-corrected chi connectivity index (χ1v) is 5.77. The summed E-state index contributed by atoms with van der Waals surface area (Å²) < 4.78 is 43.8. The summed E-state index contributed by atoms with van der Waals surface area (Å²) in [6, 6.07) is 4.62. The van der Waals surface area contributed by atoms with E-state index < -0.39 is 23.3 Å². The average molecular weight is 297 g/mol. The van der Waals surface area contributed by atoms with Gasteiger partial charge in [0.05, 0.1) is 24.4 Å². The second-order valence-electron chi connectivity index (χ2n) is 4.14. The summed E-state index contributed by atoms with van der Waals surface area (Å²) >= 11 is 0. The van der Waals surface area contributed by atoms with Gasteiger partial charge in [0.1, 0.15) is 5.75 Å². The molecule has 0 bridgehead atoms. The molecule has 7 heteroatoms. The van der Waals surface area contributed by atoms with Crippen molar-refractivity contribution >= 4 is 5.97 Å². The number of hydrogen-bond acceptors (Lipinski definition) is 3. The molecule has 0 amide bonds. The van der Waals surface area contributed by atoms with E-state index in [1.54, 1.807) is 0 Å². The van der Waals surface area contributed by atoms with Gasteiger partial charge in [0.15, 0.2) is 0 Å². The van der Waals surface area contributed by atoms with Crippen LogP contribution in [-0.4, -0.2) is 23.2 Å². The SMILES string of the molecule is COc1cncc(-c2cccc(C(F)(F)F)c2C(=O)O)c1. The van der Waals surface area contributed by atoms with Crippen LogP contribution < -0.4 is 4.74 Å². The standard InChI is InChI=1S/C14H10F3NO3/c1-21-9-5-8(6-18-7-9)10-3-2-4-11(14(15,16)17)12(10)13(19)20/h2-7H,1H3,(H,19,20). The van der Waals surface area contributed by atoms with E-state index in [4.69, 9.17) is 9.84 Å². The molecule has 1 heterocycles. The van der Waals surface area contributed by atoms with Gasteiger partial charge in [-0.15, -0.1) is 0 Å². The predicted molar refractivity (Wildman–Crippen MR) is 68.2 cm³/mol. The molecular formula is C14H10F3NO3. The number of carboxylic acids is 1. The van der Waals surface area contributed by atoms with Gasteiger partial charge in [-0.25, -0.2) is 4.79 Å². The van der Waals surface area contributed by atoms with Crippen molar-refractivity contribution in [2.24, 2.45) is 0 Å². The molecule has 0 atom stereocenters. The molecule has 0 saturated carbocycles. The van der Waals surface area contributed by atoms with E-state index in [1.807, 2.05) is 0 Å². The number of halogens is 3. The number of aromatic nitrogens is 1. The van der Waals surface area contributed by atoms with Crippen LogP contribution in [0.3, 0.4) is 0 Å². The number of ether oxygens (including phenoxy) is 1. The van der Waals surface area contributed by atoms with Gasteiger partial charge in [-0.1, -0.05) is 12.1 Å². The van der Waals surface area contributed by atoms with Gasteiger partial charge in [-0.2, -0.15) is 13.2 Å². The first-order valence-electron chi connectivity index (χ1n) is 5.77. The van der Waals surface area contributed by atoms with Gasteiger partial charge in [0, 0.05) is 11.8 Å². The number of hydrogen-bond donors (Lipinski definition) is 1. The van der Waals surface area contributed by atoms with Crippen molar-refractivity contribution in [3.63, 3.8) is 0 Å². The van der Waals surface area contributed by atoms with Crippen molar-refractivity contribution in [3.05, 3.63) is 47.8 Å². The van der Waals surface area contributed by atoms with Gasteiger partial charge in [0.2, 0.25) is 0 Å². The summed E-state index contributed by atoms with van der Waals surface area (Å²) in [6.07, 6.45) is -2.10. The van der Waals surface area contributed by atoms with Crippen LogP contribution in [0.15, 0.2) is 36.7 Å². The van der Waals surface area contributed by atoms with Crippen molar-refractivity contribution in [3.8, 4) is 16.9 Å².